The zero-order chi connectivity index (χ0) is 17.8. The molecule has 6 aromatic rings. The van der Waals surface area contributed by atoms with Crippen LogP contribution in [0.4, 0.5) is 0 Å². The van der Waals surface area contributed by atoms with Gasteiger partial charge in [0.2, 0.25) is 11.9 Å². The maximum absolute atomic E-state index is 4.19. The standard InChI is InChI=1S/C22H15N5/c1-3-21-17(9-14(1)22-11-16-12-23-7-6-20(16)25-22)13-27(26-21)18-2-4-19-15(10-18)5-8-24-19/h1-13,24H,(H,23,25)/p+1. The minimum absolute atomic E-state index is 1.10. The number of pyridine rings is 1. The monoisotopic (exact) mass is 350 g/mol. The van der Waals surface area contributed by atoms with Gasteiger partial charge in [-0.15, -0.1) is 0 Å². The summed E-state index contributed by atoms with van der Waals surface area (Å²) in [7, 11) is 0. The highest BCUT2D eigenvalue weighted by atomic mass is 15.3. The van der Waals surface area contributed by atoms with Crippen LogP contribution in [0.1, 0.15) is 0 Å². The van der Waals surface area contributed by atoms with Gasteiger partial charge in [0.1, 0.15) is 5.52 Å². The molecule has 5 heteroatoms. The van der Waals surface area contributed by atoms with E-state index in [1.165, 1.54) is 10.8 Å². The van der Waals surface area contributed by atoms with Crippen LogP contribution in [-0.2, 0) is 0 Å². The molecule has 2 aromatic carbocycles. The van der Waals surface area contributed by atoms with Gasteiger partial charge < -0.3 is 9.97 Å². The van der Waals surface area contributed by atoms with Crippen molar-refractivity contribution in [1.29, 1.82) is 0 Å². The third kappa shape index (κ3) is 2.25. The molecule has 4 aromatic heterocycles. The second kappa shape index (κ2) is 5.32. The molecule has 0 aliphatic carbocycles. The minimum atomic E-state index is 1.10. The van der Waals surface area contributed by atoms with Gasteiger partial charge in [0.15, 0.2) is 0 Å². The molecule has 27 heavy (non-hydrogen) atoms. The predicted octanol–water partition coefficient (Wildman–Crippen LogP) is 4.47. The second-order valence-corrected chi connectivity index (χ2v) is 6.81. The summed E-state index contributed by atoms with van der Waals surface area (Å²) in [4.78, 5) is 10.9. The largest absolute Gasteiger partial charge is 0.361 e. The lowest BCUT2D eigenvalue weighted by atomic mass is 10.1. The third-order valence-corrected chi connectivity index (χ3v) is 5.11. The fourth-order valence-corrected chi connectivity index (χ4v) is 3.70. The summed E-state index contributed by atoms with van der Waals surface area (Å²) in [5.74, 6) is 0. The molecular weight excluding hydrogens is 334 g/mol. The molecule has 0 aliphatic rings. The van der Waals surface area contributed by atoms with Crippen molar-refractivity contribution in [3.63, 3.8) is 0 Å². The smallest absolute Gasteiger partial charge is 0.236 e. The minimum Gasteiger partial charge on any atom is -0.361 e. The maximum atomic E-state index is 4.19. The molecule has 5 nitrogen and oxygen atoms in total. The fraction of sp³-hybridized carbons (Fsp3) is 0. The predicted molar refractivity (Wildman–Crippen MR) is 107 cm³/mol. The summed E-state index contributed by atoms with van der Waals surface area (Å²) in [6, 6.07) is 19.1. The van der Waals surface area contributed by atoms with Crippen LogP contribution in [0.5, 0.6) is 0 Å². The molecule has 0 spiro atoms. The van der Waals surface area contributed by atoms with Gasteiger partial charge in [0.05, 0.1) is 5.39 Å². The van der Waals surface area contributed by atoms with Crippen molar-refractivity contribution in [3.05, 3.63) is 79.4 Å². The van der Waals surface area contributed by atoms with Crippen LogP contribution >= 0.6 is 0 Å². The van der Waals surface area contributed by atoms with E-state index >= 15 is 0 Å². The molecule has 6 rings (SSSR count). The zero-order valence-corrected chi connectivity index (χ0v) is 14.4. The molecule has 0 bridgehead atoms. The first-order valence-corrected chi connectivity index (χ1v) is 8.89. The lowest BCUT2D eigenvalue weighted by Crippen LogP contribution is -2.31. The van der Waals surface area contributed by atoms with Crippen LogP contribution in [-0.4, -0.2) is 20.1 Å². The third-order valence-electron chi connectivity index (χ3n) is 5.11. The number of rotatable bonds is 2. The molecule has 0 amide bonds. The number of fused-ring (bicyclic) bond motifs is 3. The van der Waals surface area contributed by atoms with Gasteiger partial charge in [-0.3, -0.25) is 4.98 Å². The van der Waals surface area contributed by atoms with Crippen molar-refractivity contribution in [2.24, 2.45) is 0 Å². The number of benzene rings is 2. The van der Waals surface area contributed by atoms with Crippen LogP contribution in [0.15, 0.2) is 79.4 Å². The topological polar surface area (TPSA) is 64.1 Å². The number of nitrogens with one attached hydrogen (secondary N) is 3. The van der Waals surface area contributed by atoms with Crippen molar-refractivity contribution >= 4 is 32.7 Å². The number of hydrogen-bond donors (Lipinski definition) is 3. The Kier molecular flexibility index (Phi) is 2.82. The molecule has 4 heterocycles. The fourth-order valence-electron chi connectivity index (χ4n) is 3.70. The van der Waals surface area contributed by atoms with Crippen molar-refractivity contribution in [1.82, 2.24) is 20.1 Å². The number of aromatic amines is 3. The van der Waals surface area contributed by atoms with Crippen LogP contribution in [0.2, 0.25) is 0 Å². The Morgan fingerprint density at radius 1 is 0.778 bits per heavy atom. The Morgan fingerprint density at radius 3 is 2.70 bits per heavy atom. The molecule has 0 radical (unpaired) electrons. The van der Waals surface area contributed by atoms with E-state index in [1.54, 1.807) is 0 Å². The highest BCUT2D eigenvalue weighted by Gasteiger charge is 2.13. The Hall–Kier alpha value is -3.86. The van der Waals surface area contributed by atoms with E-state index in [0.717, 1.165) is 38.9 Å². The van der Waals surface area contributed by atoms with Crippen molar-refractivity contribution < 1.29 is 4.68 Å². The normalized spacial score (nSPS) is 11.7. The molecule has 0 atom stereocenters. The van der Waals surface area contributed by atoms with Gasteiger partial charge in [0.25, 0.3) is 0 Å². The van der Waals surface area contributed by atoms with Gasteiger partial charge in [-0.1, -0.05) is 10.7 Å². The van der Waals surface area contributed by atoms with Gasteiger partial charge in [-0.2, -0.15) is 5.10 Å². The summed E-state index contributed by atoms with van der Waals surface area (Å²) in [6.45, 7) is 0. The van der Waals surface area contributed by atoms with E-state index < -0.39 is 0 Å². The lowest BCUT2D eigenvalue weighted by molar-refractivity contribution is -0.652. The number of aromatic nitrogens is 5. The quantitative estimate of drug-likeness (QED) is 0.396. The molecule has 128 valence electrons. The molecule has 0 aliphatic heterocycles. The molecular formula is C22H16N5+. The Bertz CT molecular complexity index is 1400. The van der Waals surface area contributed by atoms with E-state index in [1.807, 2.05) is 24.7 Å². The first-order valence-electron chi connectivity index (χ1n) is 8.89. The molecule has 0 fully saturated rings. The first kappa shape index (κ1) is 14.3. The van der Waals surface area contributed by atoms with Crippen molar-refractivity contribution in [3.8, 4) is 16.9 Å². The lowest BCUT2D eigenvalue weighted by Gasteiger charge is -1.96. The summed E-state index contributed by atoms with van der Waals surface area (Å²) < 4.78 is 2.07. The molecule has 3 N–H and O–H groups in total. The van der Waals surface area contributed by atoms with Crippen LogP contribution < -0.4 is 4.68 Å². The Morgan fingerprint density at radius 2 is 1.74 bits per heavy atom. The van der Waals surface area contributed by atoms with E-state index in [2.05, 4.69) is 79.5 Å². The Labute approximate surface area is 154 Å². The van der Waals surface area contributed by atoms with E-state index in [0.29, 0.717) is 0 Å². The van der Waals surface area contributed by atoms with Gasteiger partial charge in [-0.05, 0) is 42.0 Å². The number of hydrogen-bond acceptors (Lipinski definition) is 1. The molecule has 0 saturated heterocycles. The zero-order valence-electron chi connectivity index (χ0n) is 14.4. The highest BCUT2D eigenvalue weighted by molar-refractivity contribution is 5.88. The van der Waals surface area contributed by atoms with Crippen LogP contribution in [0.25, 0.3) is 49.7 Å². The van der Waals surface area contributed by atoms with E-state index in [9.17, 15) is 0 Å². The number of nitrogens with zero attached hydrogens (tertiary/aromatic N) is 2. The summed E-state index contributed by atoms with van der Waals surface area (Å²) in [6.07, 6.45) is 7.79. The van der Waals surface area contributed by atoms with Crippen LogP contribution in [0, 0.1) is 0 Å². The molecule has 0 unspecified atom stereocenters. The van der Waals surface area contributed by atoms with Crippen molar-refractivity contribution in [2.45, 2.75) is 0 Å². The summed E-state index contributed by atoms with van der Waals surface area (Å²) in [5, 5.41) is 6.95. The maximum Gasteiger partial charge on any atom is 0.236 e. The first-order chi connectivity index (χ1) is 13.3. The summed E-state index contributed by atoms with van der Waals surface area (Å²) >= 11 is 0. The Balaban J connectivity index is 1.46. The van der Waals surface area contributed by atoms with E-state index in [4.69, 9.17) is 0 Å². The van der Waals surface area contributed by atoms with E-state index in [-0.39, 0.29) is 0 Å². The van der Waals surface area contributed by atoms with Gasteiger partial charge in [0, 0.05) is 58.2 Å². The SMILES string of the molecule is c1cc2[nH]c(-c3ccc4[nH][n+](-c5ccc6[nH]ccc6c5)cc4c3)cc2cn1. The highest BCUT2D eigenvalue weighted by Crippen LogP contribution is 2.26. The van der Waals surface area contributed by atoms with Gasteiger partial charge >= 0.3 is 0 Å². The van der Waals surface area contributed by atoms with Crippen molar-refractivity contribution in [2.75, 3.05) is 0 Å². The number of H-pyrrole nitrogens is 3. The average Bonchev–Trinajstić information content (AvgIpc) is 3.42. The summed E-state index contributed by atoms with van der Waals surface area (Å²) in [5.41, 5.74) is 6.71. The average molecular weight is 350 g/mol. The van der Waals surface area contributed by atoms with Gasteiger partial charge in [-0.25, -0.2) is 0 Å². The van der Waals surface area contributed by atoms with Crippen LogP contribution in [0.3, 0.4) is 0 Å². The molecule has 0 saturated carbocycles. The second-order valence-electron chi connectivity index (χ2n) is 6.81.